The van der Waals surface area contributed by atoms with Crippen molar-refractivity contribution in [2.75, 3.05) is 31.5 Å². The fourth-order valence-electron chi connectivity index (χ4n) is 3.49. The number of benzene rings is 2. The Bertz CT molecular complexity index is 793. The summed E-state index contributed by atoms with van der Waals surface area (Å²) in [5.74, 6) is -0.304. The zero-order chi connectivity index (χ0) is 19.8. The molecule has 0 bridgehead atoms. The standard InChI is InChI=1S/C22H27ClFN3O/c23-19-16-17(18-8-2-3-9-20(18)24)10-11-21(19)26-22(28)25-12-4-7-15-27-13-5-1-6-14-27/h2-3,8-11,16H,1,4-7,12-15H2,(H2,25,26,28). The molecule has 1 saturated heterocycles. The normalized spacial score (nSPS) is 14.6. The fourth-order valence-corrected chi connectivity index (χ4v) is 3.72. The largest absolute Gasteiger partial charge is 0.338 e. The van der Waals surface area contributed by atoms with Gasteiger partial charge in [-0.25, -0.2) is 9.18 Å². The van der Waals surface area contributed by atoms with Crippen LogP contribution in [0.25, 0.3) is 11.1 Å². The molecule has 1 aliphatic heterocycles. The van der Waals surface area contributed by atoms with Crippen LogP contribution in [0.15, 0.2) is 42.5 Å². The van der Waals surface area contributed by atoms with E-state index < -0.39 is 0 Å². The molecule has 1 heterocycles. The average molecular weight is 404 g/mol. The van der Waals surface area contributed by atoms with E-state index in [9.17, 15) is 9.18 Å². The molecule has 2 amide bonds. The van der Waals surface area contributed by atoms with Crippen LogP contribution in [0.4, 0.5) is 14.9 Å². The highest BCUT2D eigenvalue weighted by Crippen LogP contribution is 2.30. The first-order valence-electron chi connectivity index (χ1n) is 9.95. The molecule has 0 atom stereocenters. The lowest BCUT2D eigenvalue weighted by molar-refractivity contribution is 0.224. The lowest BCUT2D eigenvalue weighted by atomic mass is 10.0. The first kappa shape index (κ1) is 20.6. The van der Waals surface area contributed by atoms with Crippen molar-refractivity contribution in [2.45, 2.75) is 32.1 Å². The Morgan fingerprint density at radius 1 is 1.07 bits per heavy atom. The molecule has 0 saturated carbocycles. The summed E-state index contributed by atoms with van der Waals surface area (Å²) in [6, 6.07) is 11.4. The van der Waals surface area contributed by atoms with Gasteiger partial charge in [-0.1, -0.05) is 42.3 Å². The summed E-state index contributed by atoms with van der Waals surface area (Å²) in [6.07, 6.45) is 5.98. The molecular weight excluding hydrogens is 377 g/mol. The number of unbranched alkanes of at least 4 members (excludes halogenated alkanes) is 1. The maximum atomic E-state index is 13.9. The monoisotopic (exact) mass is 403 g/mol. The molecule has 0 spiro atoms. The van der Waals surface area contributed by atoms with E-state index in [1.807, 2.05) is 0 Å². The second-order valence-corrected chi connectivity index (χ2v) is 7.57. The number of carbonyl (C=O) groups is 1. The van der Waals surface area contributed by atoms with E-state index in [0.29, 0.717) is 28.4 Å². The molecule has 4 nitrogen and oxygen atoms in total. The van der Waals surface area contributed by atoms with Crippen molar-refractivity contribution in [3.63, 3.8) is 0 Å². The third kappa shape index (κ3) is 5.94. The number of urea groups is 1. The maximum absolute atomic E-state index is 13.9. The predicted molar refractivity (Wildman–Crippen MR) is 113 cm³/mol. The summed E-state index contributed by atoms with van der Waals surface area (Å²) in [5, 5.41) is 6.00. The molecule has 1 fully saturated rings. The van der Waals surface area contributed by atoms with Crippen molar-refractivity contribution >= 4 is 23.3 Å². The van der Waals surface area contributed by atoms with Crippen LogP contribution < -0.4 is 10.6 Å². The van der Waals surface area contributed by atoms with E-state index in [1.165, 1.54) is 38.4 Å². The fraction of sp³-hybridized carbons (Fsp3) is 0.409. The number of carbonyl (C=O) groups excluding carboxylic acids is 1. The van der Waals surface area contributed by atoms with Gasteiger partial charge < -0.3 is 15.5 Å². The van der Waals surface area contributed by atoms with Gasteiger partial charge in [-0.15, -0.1) is 0 Å². The Hall–Kier alpha value is -2.11. The molecule has 0 unspecified atom stereocenters. The van der Waals surface area contributed by atoms with Gasteiger partial charge in [0.15, 0.2) is 0 Å². The number of nitrogens with zero attached hydrogens (tertiary/aromatic N) is 1. The van der Waals surface area contributed by atoms with Crippen LogP contribution in [0, 0.1) is 5.82 Å². The van der Waals surface area contributed by atoms with Gasteiger partial charge >= 0.3 is 6.03 Å². The third-order valence-electron chi connectivity index (χ3n) is 5.04. The molecule has 28 heavy (non-hydrogen) atoms. The second kappa shape index (κ2) is 10.4. The molecule has 0 radical (unpaired) electrons. The molecular formula is C22H27ClFN3O. The Kier molecular flexibility index (Phi) is 7.69. The van der Waals surface area contributed by atoms with E-state index in [-0.39, 0.29) is 11.8 Å². The highest BCUT2D eigenvalue weighted by molar-refractivity contribution is 6.34. The van der Waals surface area contributed by atoms with Crippen molar-refractivity contribution in [3.05, 3.63) is 53.3 Å². The van der Waals surface area contributed by atoms with Gasteiger partial charge in [0, 0.05) is 12.1 Å². The van der Waals surface area contributed by atoms with Gasteiger partial charge in [0.05, 0.1) is 10.7 Å². The summed E-state index contributed by atoms with van der Waals surface area (Å²) in [7, 11) is 0. The zero-order valence-corrected chi connectivity index (χ0v) is 16.8. The highest BCUT2D eigenvalue weighted by atomic mass is 35.5. The molecule has 2 N–H and O–H groups in total. The first-order valence-corrected chi connectivity index (χ1v) is 10.3. The Labute approximate surface area is 171 Å². The Morgan fingerprint density at radius 3 is 2.61 bits per heavy atom. The predicted octanol–water partition coefficient (Wildman–Crippen LogP) is 5.53. The number of likely N-dealkylation sites (tertiary alicyclic amines) is 1. The number of nitrogens with one attached hydrogen (secondary N) is 2. The average Bonchev–Trinajstić information content (AvgIpc) is 2.70. The lowest BCUT2D eigenvalue weighted by Gasteiger charge is -2.26. The molecule has 6 heteroatoms. The Morgan fingerprint density at radius 2 is 1.86 bits per heavy atom. The van der Waals surface area contributed by atoms with Gasteiger partial charge in [-0.2, -0.15) is 0 Å². The van der Waals surface area contributed by atoms with Gasteiger partial charge in [-0.05, 0) is 69.1 Å². The molecule has 0 aromatic heterocycles. The van der Waals surface area contributed by atoms with Crippen LogP contribution in [0.3, 0.4) is 0 Å². The Balaban J connectivity index is 1.43. The van der Waals surface area contributed by atoms with Gasteiger partial charge in [0.2, 0.25) is 0 Å². The summed E-state index contributed by atoms with van der Waals surface area (Å²) in [4.78, 5) is 14.6. The quantitative estimate of drug-likeness (QED) is 0.596. The summed E-state index contributed by atoms with van der Waals surface area (Å²) >= 11 is 6.28. The van der Waals surface area contributed by atoms with Crippen LogP contribution in [-0.2, 0) is 0 Å². The van der Waals surface area contributed by atoms with Gasteiger partial charge in [0.25, 0.3) is 0 Å². The SMILES string of the molecule is O=C(NCCCCN1CCCCC1)Nc1ccc(-c2ccccc2F)cc1Cl. The number of rotatable bonds is 7. The van der Waals surface area contributed by atoms with Crippen molar-refractivity contribution < 1.29 is 9.18 Å². The number of hydrogen-bond donors (Lipinski definition) is 2. The van der Waals surface area contributed by atoms with Crippen molar-refractivity contribution in [1.29, 1.82) is 0 Å². The topological polar surface area (TPSA) is 44.4 Å². The van der Waals surface area contributed by atoms with Crippen LogP contribution in [-0.4, -0.2) is 37.1 Å². The molecule has 1 aliphatic rings. The van der Waals surface area contributed by atoms with Gasteiger partial charge in [0.1, 0.15) is 5.82 Å². The van der Waals surface area contributed by atoms with Crippen molar-refractivity contribution in [2.24, 2.45) is 0 Å². The van der Waals surface area contributed by atoms with Gasteiger partial charge in [-0.3, -0.25) is 0 Å². The van der Waals surface area contributed by atoms with Crippen molar-refractivity contribution in [1.82, 2.24) is 10.2 Å². The number of anilines is 1. The number of piperidine rings is 1. The molecule has 2 aromatic rings. The smallest absolute Gasteiger partial charge is 0.319 e. The van der Waals surface area contributed by atoms with Crippen molar-refractivity contribution in [3.8, 4) is 11.1 Å². The minimum Gasteiger partial charge on any atom is -0.338 e. The minimum atomic E-state index is -0.304. The van der Waals surface area contributed by atoms with Crippen LogP contribution in [0.2, 0.25) is 5.02 Å². The number of hydrogen-bond acceptors (Lipinski definition) is 2. The summed E-state index contributed by atoms with van der Waals surface area (Å²) < 4.78 is 13.9. The van der Waals surface area contributed by atoms with E-state index in [0.717, 1.165) is 19.4 Å². The van der Waals surface area contributed by atoms with E-state index in [4.69, 9.17) is 11.6 Å². The molecule has 0 aliphatic carbocycles. The maximum Gasteiger partial charge on any atom is 0.319 e. The summed E-state index contributed by atoms with van der Waals surface area (Å²) in [5.41, 5.74) is 1.66. The van der Waals surface area contributed by atoms with E-state index in [1.54, 1.807) is 36.4 Å². The lowest BCUT2D eigenvalue weighted by Crippen LogP contribution is -2.32. The first-order chi connectivity index (χ1) is 13.6. The number of halogens is 2. The van der Waals surface area contributed by atoms with Crippen LogP contribution in [0.5, 0.6) is 0 Å². The highest BCUT2D eigenvalue weighted by Gasteiger charge is 2.11. The number of amides is 2. The van der Waals surface area contributed by atoms with E-state index >= 15 is 0 Å². The minimum absolute atomic E-state index is 0.279. The van der Waals surface area contributed by atoms with Crippen LogP contribution >= 0.6 is 11.6 Å². The zero-order valence-electron chi connectivity index (χ0n) is 16.0. The van der Waals surface area contributed by atoms with Crippen LogP contribution in [0.1, 0.15) is 32.1 Å². The third-order valence-corrected chi connectivity index (χ3v) is 5.35. The summed E-state index contributed by atoms with van der Waals surface area (Å²) in [6.45, 7) is 4.14. The molecule has 2 aromatic carbocycles. The second-order valence-electron chi connectivity index (χ2n) is 7.16. The molecule has 3 rings (SSSR count). The molecule has 150 valence electrons. The van der Waals surface area contributed by atoms with E-state index in [2.05, 4.69) is 15.5 Å².